The molecule has 5 heteroatoms. The van der Waals surface area contributed by atoms with Gasteiger partial charge in [-0.25, -0.2) is 0 Å². The van der Waals surface area contributed by atoms with Crippen LogP contribution < -0.4 is 5.32 Å². The fraction of sp³-hybridized carbons (Fsp3) is 0.538. The topological polar surface area (TPSA) is 55.2 Å². The lowest BCUT2D eigenvalue weighted by Gasteiger charge is -2.27. The standard InChI is InChI=1S/C13H19BrN2O2/c1-9(13(2,3)4)8-15-11-6-5-10(14)7-12(11)16(17)18/h5-7,9,15H,8H2,1-4H3. The van der Waals surface area contributed by atoms with Crippen molar-refractivity contribution in [3.05, 3.63) is 32.8 Å². The molecule has 18 heavy (non-hydrogen) atoms. The summed E-state index contributed by atoms with van der Waals surface area (Å²) in [4.78, 5) is 10.6. The lowest BCUT2D eigenvalue weighted by Crippen LogP contribution is -2.25. The van der Waals surface area contributed by atoms with Crippen LogP contribution in [-0.4, -0.2) is 11.5 Å². The van der Waals surface area contributed by atoms with Gasteiger partial charge in [-0.15, -0.1) is 0 Å². The summed E-state index contributed by atoms with van der Waals surface area (Å²) in [6.07, 6.45) is 0. The first-order valence-electron chi connectivity index (χ1n) is 5.89. The Morgan fingerprint density at radius 1 is 1.44 bits per heavy atom. The number of anilines is 1. The van der Waals surface area contributed by atoms with E-state index in [2.05, 4.69) is 48.9 Å². The molecule has 1 atom stereocenters. The van der Waals surface area contributed by atoms with E-state index in [0.717, 1.165) is 0 Å². The van der Waals surface area contributed by atoms with Crippen LogP contribution in [-0.2, 0) is 0 Å². The second-order valence-corrected chi connectivity index (χ2v) is 6.48. The van der Waals surface area contributed by atoms with Crippen LogP contribution in [0.4, 0.5) is 11.4 Å². The first kappa shape index (κ1) is 15.0. The number of nitrogens with one attached hydrogen (secondary N) is 1. The zero-order valence-corrected chi connectivity index (χ0v) is 12.7. The Hall–Kier alpha value is -1.10. The Morgan fingerprint density at radius 2 is 2.06 bits per heavy atom. The van der Waals surface area contributed by atoms with E-state index in [0.29, 0.717) is 22.6 Å². The average molecular weight is 315 g/mol. The molecular weight excluding hydrogens is 296 g/mol. The highest BCUT2D eigenvalue weighted by Gasteiger charge is 2.21. The summed E-state index contributed by atoms with van der Waals surface area (Å²) >= 11 is 3.24. The van der Waals surface area contributed by atoms with Crippen LogP contribution in [0.2, 0.25) is 0 Å². The van der Waals surface area contributed by atoms with Crippen molar-refractivity contribution in [3.63, 3.8) is 0 Å². The van der Waals surface area contributed by atoms with E-state index in [1.807, 2.05) is 0 Å². The quantitative estimate of drug-likeness (QED) is 0.659. The van der Waals surface area contributed by atoms with Gasteiger partial charge in [0.1, 0.15) is 5.69 Å². The maximum atomic E-state index is 11.0. The van der Waals surface area contributed by atoms with Crippen LogP contribution in [0.3, 0.4) is 0 Å². The molecule has 0 spiro atoms. The summed E-state index contributed by atoms with van der Waals surface area (Å²) in [5, 5.41) is 14.1. The Labute approximate surface area is 116 Å². The third kappa shape index (κ3) is 3.98. The molecule has 1 aromatic rings. The normalized spacial score (nSPS) is 13.2. The Balaban J connectivity index is 2.82. The van der Waals surface area contributed by atoms with E-state index in [1.54, 1.807) is 12.1 Å². The minimum atomic E-state index is -0.366. The third-order valence-electron chi connectivity index (χ3n) is 3.23. The molecule has 0 bridgehead atoms. The summed E-state index contributed by atoms with van der Waals surface area (Å²) in [6, 6.07) is 5.05. The number of hydrogen-bond donors (Lipinski definition) is 1. The van der Waals surface area contributed by atoms with E-state index in [9.17, 15) is 10.1 Å². The molecule has 0 aromatic heterocycles. The first-order chi connectivity index (χ1) is 8.21. The molecule has 0 aliphatic carbocycles. The van der Waals surface area contributed by atoms with E-state index >= 15 is 0 Å². The summed E-state index contributed by atoms with van der Waals surface area (Å²) in [7, 11) is 0. The molecule has 4 nitrogen and oxygen atoms in total. The molecule has 0 aliphatic rings. The number of nitrogens with zero attached hydrogens (tertiary/aromatic N) is 1. The highest BCUT2D eigenvalue weighted by atomic mass is 79.9. The monoisotopic (exact) mass is 314 g/mol. The fourth-order valence-electron chi connectivity index (χ4n) is 1.37. The highest BCUT2D eigenvalue weighted by molar-refractivity contribution is 9.10. The molecule has 1 N–H and O–H groups in total. The minimum absolute atomic E-state index is 0.102. The molecule has 0 fully saturated rings. The molecule has 0 saturated carbocycles. The Bertz CT molecular complexity index is 441. The van der Waals surface area contributed by atoms with Crippen molar-refractivity contribution < 1.29 is 4.92 Å². The van der Waals surface area contributed by atoms with Gasteiger partial charge in [-0.05, 0) is 23.5 Å². The molecule has 1 unspecified atom stereocenters. The van der Waals surface area contributed by atoms with Crippen LogP contribution in [0.25, 0.3) is 0 Å². The van der Waals surface area contributed by atoms with Crippen molar-refractivity contribution in [1.82, 2.24) is 0 Å². The predicted octanol–water partition coefficient (Wildman–Crippen LogP) is 4.45. The van der Waals surface area contributed by atoms with Gasteiger partial charge < -0.3 is 5.32 Å². The third-order valence-corrected chi connectivity index (χ3v) is 3.73. The van der Waals surface area contributed by atoms with Gasteiger partial charge in [0.25, 0.3) is 5.69 Å². The maximum Gasteiger partial charge on any atom is 0.293 e. The van der Waals surface area contributed by atoms with E-state index < -0.39 is 0 Å². The largest absolute Gasteiger partial charge is 0.379 e. The van der Waals surface area contributed by atoms with Gasteiger partial charge in [0.15, 0.2) is 0 Å². The zero-order chi connectivity index (χ0) is 13.9. The van der Waals surface area contributed by atoms with Gasteiger partial charge in [0, 0.05) is 17.1 Å². The average Bonchev–Trinajstić information content (AvgIpc) is 2.25. The second-order valence-electron chi connectivity index (χ2n) is 5.57. The number of rotatable bonds is 4. The summed E-state index contributed by atoms with van der Waals surface area (Å²) in [5.41, 5.74) is 0.849. The van der Waals surface area contributed by atoms with Crippen molar-refractivity contribution in [2.24, 2.45) is 11.3 Å². The minimum Gasteiger partial charge on any atom is -0.379 e. The van der Waals surface area contributed by atoms with Crippen molar-refractivity contribution >= 4 is 27.3 Å². The van der Waals surface area contributed by atoms with Crippen LogP contribution in [0, 0.1) is 21.4 Å². The van der Waals surface area contributed by atoms with E-state index in [1.165, 1.54) is 6.07 Å². The van der Waals surface area contributed by atoms with Gasteiger partial charge in [-0.2, -0.15) is 0 Å². The number of benzene rings is 1. The number of hydrogen-bond acceptors (Lipinski definition) is 3. The summed E-state index contributed by atoms with van der Waals surface area (Å²) in [6.45, 7) is 9.34. The van der Waals surface area contributed by atoms with Crippen molar-refractivity contribution in [2.45, 2.75) is 27.7 Å². The Morgan fingerprint density at radius 3 is 2.56 bits per heavy atom. The van der Waals surface area contributed by atoms with Crippen LogP contribution in [0.15, 0.2) is 22.7 Å². The second kappa shape index (κ2) is 5.69. The molecule has 0 heterocycles. The van der Waals surface area contributed by atoms with Crippen LogP contribution in [0.1, 0.15) is 27.7 Å². The van der Waals surface area contributed by atoms with Gasteiger partial charge in [0.05, 0.1) is 4.92 Å². The van der Waals surface area contributed by atoms with Crippen LogP contribution >= 0.6 is 15.9 Å². The molecule has 0 amide bonds. The number of nitro benzene ring substituents is 1. The summed E-state index contributed by atoms with van der Waals surface area (Å²) in [5.74, 6) is 0.417. The van der Waals surface area contributed by atoms with Crippen molar-refractivity contribution in [1.29, 1.82) is 0 Å². The first-order valence-corrected chi connectivity index (χ1v) is 6.69. The van der Waals surface area contributed by atoms with Crippen molar-refractivity contribution in [3.8, 4) is 0 Å². The lowest BCUT2D eigenvalue weighted by atomic mass is 9.82. The number of halogens is 1. The molecule has 1 aromatic carbocycles. The van der Waals surface area contributed by atoms with Gasteiger partial charge in [-0.3, -0.25) is 10.1 Å². The highest BCUT2D eigenvalue weighted by Crippen LogP contribution is 2.30. The van der Waals surface area contributed by atoms with Gasteiger partial charge in [0.2, 0.25) is 0 Å². The molecule has 0 aliphatic heterocycles. The molecule has 1 rings (SSSR count). The van der Waals surface area contributed by atoms with E-state index in [4.69, 9.17) is 0 Å². The Kier molecular flexibility index (Phi) is 4.73. The number of nitro groups is 1. The van der Waals surface area contributed by atoms with Gasteiger partial charge >= 0.3 is 0 Å². The SMILES string of the molecule is CC(CNc1ccc(Br)cc1[N+](=O)[O-])C(C)(C)C. The van der Waals surface area contributed by atoms with Gasteiger partial charge in [-0.1, -0.05) is 43.6 Å². The molecular formula is C13H19BrN2O2. The van der Waals surface area contributed by atoms with Crippen LogP contribution in [0.5, 0.6) is 0 Å². The molecule has 100 valence electrons. The van der Waals surface area contributed by atoms with Crippen molar-refractivity contribution in [2.75, 3.05) is 11.9 Å². The zero-order valence-electron chi connectivity index (χ0n) is 11.2. The summed E-state index contributed by atoms with van der Waals surface area (Å²) < 4.78 is 0.712. The maximum absolute atomic E-state index is 11.0. The molecule has 0 radical (unpaired) electrons. The predicted molar refractivity (Wildman–Crippen MR) is 77.9 cm³/mol. The smallest absolute Gasteiger partial charge is 0.293 e. The lowest BCUT2D eigenvalue weighted by molar-refractivity contribution is -0.384. The molecule has 0 saturated heterocycles. The van der Waals surface area contributed by atoms with E-state index in [-0.39, 0.29) is 16.0 Å². The fourth-order valence-corrected chi connectivity index (χ4v) is 1.72.